The number of nitrogens with one attached hydrogen (secondary N) is 1. The fourth-order valence-electron chi connectivity index (χ4n) is 4.38. The standard InChI is InChI=1S/C24H27N5O/c1-30-21-8-7-20-11-14-29(22(20)16-21)24-25-23(26-27-24)17-28-12-9-19(10-13-28)15-18-5-3-2-4-6-18/h2-8,11,14,16,19H,9-10,12-13,15,17H2,1H3,(H,25,26,27). The molecular weight excluding hydrogens is 374 g/mol. The fraction of sp³-hybridized carbons (Fsp3) is 0.333. The number of aromatic amines is 1. The summed E-state index contributed by atoms with van der Waals surface area (Å²) in [6.45, 7) is 3.03. The summed E-state index contributed by atoms with van der Waals surface area (Å²) >= 11 is 0. The molecule has 30 heavy (non-hydrogen) atoms. The summed E-state index contributed by atoms with van der Waals surface area (Å²) in [5.74, 6) is 3.19. The van der Waals surface area contributed by atoms with Gasteiger partial charge in [0.2, 0.25) is 0 Å². The Hall–Kier alpha value is -3.12. The Balaban J connectivity index is 1.22. The molecule has 6 nitrogen and oxygen atoms in total. The zero-order valence-corrected chi connectivity index (χ0v) is 17.3. The van der Waals surface area contributed by atoms with Gasteiger partial charge in [-0.05, 0) is 62.0 Å². The van der Waals surface area contributed by atoms with Crippen LogP contribution in [-0.4, -0.2) is 44.8 Å². The highest BCUT2D eigenvalue weighted by atomic mass is 16.5. The molecule has 6 heteroatoms. The normalized spacial score (nSPS) is 15.6. The van der Waals surface area contributed by atoms with E-state index in [0.29, 0.717) is 5.95 Å². The van der Waals surface area contributed by atoms with Crippen LogP contribution in [0.1, 0.15) is 24.2 Å². The Bertz CT molecular complexity index is 1110. The SMILES string of the molecule is COc1ccc2ccn(-c3n[nH]c(CN4CCC(Cc5ccccc5)CC4)n3)c2c1. The number of ether oxygens (including phenoxy) is 1. The number of fused-ring (bicyclic) bond motifs is 1. The van der Waals surface area contributed by atoms with Crippen molar-refractivity contribution in [2.24, 2.45) is 5.92 Å². The van der Waals surface area contributed by atoms with Crippen LogP contribution in [0, 0.1) is 5.92 Å². The van der Waals surface area contributed by atoms with Gasteiger partial charge in [-0.2, -0.15) is 4.98 Å². The zero-order chi connectivity index (χ0) is 20.3. The molecule has 0 unspecified atom stereocenters. The monoisotopic (exact) mass is 401 g/mol. The van der Waals surface area contributed by atoms with Crippen LogP contribution in [-0.2, 0) is 13.0 Å². The molecule has 0 spiro atoms. The number of aromatic nitrogens is 4. The number of likely N-dealkylation sites (tertiary alicyclic amines) is 1. The highest BCUT2D eigenvalue weighted by molar-refractivity contribution is 5.82. The fourth-order valence-corrected chi connectivity index (χ4v) is 4.38. The lowest BCUT2D eigenvalue weighted by molar-refractivity contribution is 0.173. The maximum absolute atomic E-state index is 5.37. The highest BCUT2D eigenvalue weighted by Crippen LogP contribution is 2.25. The van der Waals surface area contributed by atoms with E-state index in [4.69, 9.17) is 9.72 Å². The first-order chi connectivity index (χ1) is 14.8. The van der Waals surface area contributed by atoms with Gasteiger partial charge in [-0.3, -0.25) is 14.6 Å². The van der Waals surface area contributed by atoms with Crippen LogP contribution in [0.15, 0.2) is 60.8 Å². The van der Waals surface area contributed by atoms with Crippen molar-refractivity contribution < 1.29 is 4.74 Å². The van der Waals surface area contributed by atoms with E-state index in [9.17, 15) is 0 Å². The van der Waals surface area contributed by atoms with Gasteiger partial charge >= 0.3 is 0 Å². The van der Waals surface area contributed by atoms with E-state index in [0.717, 1.165) is 48.0 Å². The number of hydrogen-bond acceptors (Lipinski definition) is 4. The van der Waals surface area contributed by atoms with E-state index < -0.39 is 0 Å². The van der Waals surface area contributed by atoms with Gasteiger partial charge in [0.15, 0.2) is 0 Å². The molecular formula is C24H27N5O. The van der Waals surface area contributed by atoms with Crippen molar-refractivity contribution in [3.63, 3.8) is 0 Å². The Labute approximate surface area is 176 Å². The highest BCUT2D eigenvalue weighted by Gasteiger charge is 2.20. The molecule has 2 aromatic carbocycles. The van der Waals surface area contributed by atoms with Gasteiger partial charge in [0.05, 0.1) is 19.2 Å². The van der Waals surface area contributed by atoms with E-state index >= 15 is 0 Å². The van der Waals surface area contributed by atoms with Gasteiger partial charge in [-0.25, -0.2) is 0 Å². The minimum absolute atomic E-state index is 0.673. The number of hydrogen-bond donors (Lipinski definition) is 1. The topological polar surface area (TPSA) is 59.0 Å². The van der Waals surface area contributed by atoms with Crippen molar-refractivity contribution in [3.8, 4) is 11.7 Å². The lowest BCUT2D eigenvalue weighted by Gasteiger charge is -2.31. The van der Waals surface area contributed by atoms with E-state index in [-0.39, 0.29) is 0 Å². The molecule has 2 aromatic heterocycles. The third kappa shape index (κ3) is 3.96. The summed E-state index contributed by atoms with van der Waals surface area (Å²) in [7, 11) is 1.68. The molecule has 1 aliphatic heterocycles. The average Bonchev–Trinajstić information content (AvgIpc) is 3.42. The first kappa shape index (κ1) is 18.9. The number of nitrogens with zero attached hydrogens (tertiary/aromatic N) is 4. The molecule has 0 radical (unpaired) electrons. The van der Waals surface area contributed by atoms with E-state index in [1.807, 2.05) is 22.9 Å². The van der Waals surface area contributed by atoms with Gasteiger partial charge in [-0.15, -0.1) is 5.10 Å². The largest absolute Gasteiger partial charge is 0.497 e. The number of benzene rings is 2. The molecule has 5 rings (SSSR count). The molecule has 1 saturated heterocycles. The van der Waals surface area contributed by atoms with Gasteiger partial charge in [-0.1, -0.05) is 30.3 Å². The van der Waals surface area contributed by atoms with Gasteiger partial charge in [0, 0.05) is 17.6 Å². The summed E-state index contributed by atoms with van der Waals surface area (Å²) in [4.78, 5) is 7.23. The second-order valence-electron chi connectivity index (χ2n) is 8.10. The summed E-state index contributed by atoms with van der Waals surface area (Å²) < 4.78 is 7.37. The number of piperidine rings is 1. The molecule has 0 bridgehead atoms. The summed E-state index contributed by atoms with van der Waals surface area (Å²) in [5.41, 5.74) is 2.49. The van der Waals surface area contributed by atoms with Crippen LogP contribution in [0.4, 0.5) is 0 Å². The van der Waals surface area contributed by atoms with Crippen LogP contribution in [0.3, 0.4) is 0 Å². The molecule has 0 aliphatic carbocycles. The van der Waals surface area contributed by atoms with E-state index in [2.05, 4.69) is 57.6 Å². The maximum Gasteiger partial charge on any atom is 0.253 e. The number of rotatable bonds is 6. The molecule has 0 atom stereocenters. The van der Waals surface area contributed by atoms with Crippen molar-refractivity contribution in [3.05, 3.63) is 72.2 Å². The first-order valence-electron chi connectivity index (χ1n) is 10.6. The van der Waals surface area contributed by atoms with Crippen LogP contribution < -0.4 is 4.74 Å². The number of methoxy groups -OCH3 is 1. The molecule has 3 heterocycles. The molecule has 0 saturated carbocycles. The zero-order valence-electron chi connectivity index (χ0n) is 17.3. The summed E-state index contributed by atoms with van der Waals surface area (Å²) in [6, 6.07) is 18.9. The van der Waals surface area contributed by atoms with Crippen molar-refractivity contribution in [2.45, 2.75) is 25.8 Å². The van der Waals surface area contributed by atoms with E-state index in [1.54, 1.807) is 7.11 Å². The first-order valence-corrected chi connectivity index (χ1v) is 10.6. The van der Waals surface area contributed by atoms with Crippen molar-refractivity contribution in [1.29, 1.82) is 0 Å². The second kappa shape index (κ2) is 8.32. The third-order valence-corrected chi connectivity index (χ3v) is 6.08. The minimum Gasteiger partial charge on any atom is -0.497 e. The van der Waals surface area contributed by atoms with E-state index in [1.165, 1.54) is 24.8 Å². The number of H-pyrrole nitrogens is 1. The molecule has 4 aromatic rings. The smallest absolute Gasteiger partial charge is 0.253 e. The van der Waals surface area contributed by atoms with Crippen molar-refractivity contribution >= 4 is 10.9 Å². The Morgan fingerprint density at radius 1 is 1.07 bits per heavy atom. The summed E-state index contributed by atoms with van der Waals surface area (Å²) in [6.07, 6.45) is 5.66. The molecule has 1 aliphatic rings. The minimum atomic E-state index is 0.673. The lowest BCUT2D eigenvalue weighted by atomic mass is 9.90. The Morgan fingerprint density at radius 3 is 2.70 bits per heavy atom. The third-order valence-electron chi connectivity index (χ3n) is 6.08. The van der Waals surface area contributed by atoms with Gasteiger partial charge < -0.3 is 4.74 Å². The maximum atomic E-state index is 5.37. The lowest BCUT2D eigenvalue weighted by Crippen LogP contribution is -2.34. The van der Waals surface area contributed by atoms with Crippen LogP contribution >= 0.6 is 0 Å². The van der Waals surface area contributed by atoms with Crippen LogP contribution in [0.25, 0.3) is 16.9 Å². The average molecular weight is 402 g/mol. The second-order valence-corrected chi connectivity index (χ2v) is 8.10. The molecule has 1 N–H and O–H groups in total. The quantitative estimate of drug-likeness (QED) is 0.526. The van der Waals surface area contributed by atoms with Crippen LogP contribution in [0.5, 0.6) is 5.75 Å². The summed E-state index contributed by atoms with van der Waals surface area (Å²) in [5, 5.41) is 8.73. The predicted molar refractivity (Wildman–Crippen MR) is 118 cm³/mol. The van der Waals surface area contributed by atoms with Gasteiger partial charge in [0.25, 0.3) is 5.95 Å². The molecule has 0 amide bonds. The van der Waals surface area contributed by atoms with Gasteiger partial charge in [0.1, 0.15) is 11.6 Å². The van der Waals surface area contributed by atoms with Crippen molar-refractivity contribution in [2.75, 3.05) is 20.2 Å². The predicted octanol–water partition coefficient (Wildman–Crippen LogP) is 4.21. The molecule has 154 valence electrons. The molecule has 1 fully saturated rings. The van der Waals surface area contributed by atoms with Crippen molar-refractivity contribution in [1.82, 2.24) is 24.6 Å². The Morgan fingerprint density at radius 2 is 1.90 bits per heavy atom. The van der Waals surface area contributed by atoms with Crippen LogP contribution in [0.2, 0.25) is 0 Å². The Kier molecular flexibility index (Phi) is 5.24.